The van der Waals surface area contributed by atoms with Gasteiger partial charge in [0.25, 0.3) is 0 Å². The molecule has 0 amide bonds. The van der Waals surface area contributed by atoms with Crippen LogP contribution in [-0.2, 0) is 0 Å². The number of anilines is 1. The van der Waals surface area contributed by atoms with Crippen molar-refractivity contribution < 1.29 is 0 Å². The summed E-state index contributed by atoms with van der Waals surface area (Å²) in [5, 5.41) is 6.61. The van der Waals surface area contributed by atoms with Gasteiger partial charge in [-0.05, 0) is 38.5 Å². The number of fused-ring (bicyclic) bond motifs is 1. The summed E-state index contributed by atoms with van der Waals surface area (Å²) in [5.74, 6) is 0. The molecule has 0 bridgehead atoms. The van der Waals surface area contributed by atoms with Gasteiger partial charge in [0.05, 0.1) is 23.1 Å². The molecule has 126 valence electrons. The number of aromatic nitrogens is 3. The molecule has 3 aromatic heterocycles. The minimum absolute atomic E-state index is 0.0106. The lowest BCUT2D eigenvalue weighted by atomic mass is 10.0. The van der Waals surface area contributed by atoms with E-state index in [9.17, 15) is 0 Å². The third-order valence-electron chi connectivity index (χ3n) is 4.32. The van der Waals surface area contributed by atoms with E-state index in [2.05, 4.69) is 64.4 Å². The van der Waals surface area contributed by atoms with Gasteiger partial charge in [-0.15, -0.1) is 11.3 Å². The largest absolute Gasteiger partial charge is 0.349 e. The zero-order valence-electron chi connectivity index (χ0n) is 14.5. The van der Waals surface area contributed by atoms with Gasteiger partial charge >= 0.3 is 0 Å². The SMILES string of the molecule is Cc1ccc(C(Nc2nc(C)cs2)c2c(C)nc3ccccn23)cc1. The first-order chi connectivity index (χ1) is 12.1. The second kappa shape index (κ2) is 6.33. The van der Waals surface area contributed by atoms with Crippen LogP contribution < -0.4 is 5.32 Å². The molecular weight excluding hydrogens is 328 g/mol. The van der Waals surface area contributed by atoms with Crippen molar-refractivity contribution in [3.8, 4) is 0 Å². The van der Waals surface area contributed by atoms with Crippen LogP contribution in [0.3, 0.4) is 0 Å². The summed E-state index contributed by atoms with van der Waals surface area (Å²) >= 11 is 1.63. The van der Waals surface area contributed by atoms with Crippen LogP contribution in [0.1, 0.15) is 34.3 Å². The molecule has 0 spiro atoms. The molecule has 0 aliphatic rings. The lowest BCUT2D eigenvalue weighted by Gasteiger charge is -2.20. The zero-order chi connectivity index (χ0) is 17.4. The molecule has 1 N–H and O–H groups in total. The maximum Gasteiger partial charge on any atom is 0.183 e. The van der Waals surface area contributed by atoms with Crippen molar-refractivity contribution in [1.29, 1.82) is 0 Å². The van der Waals surface area contributed by atoms with Gasteiger partial charge in [0, 0.05) is 11.6 Å². The Labute approximate surface area is 151 Å². The fourth-order valence-electron chi connectivity index (χ4n) is 3.09. The molecule has 0 aliphatic heterocycles. The number of hydrogen-bond acceptors (Lipinski definition) is 4. The molecule has 3 heterocycles. The van der Waals surface area contributed by atoms with E-state index in [0.717, 1.165) is 27.9 Å². The maximum atomic E-state index is 4.73. The van der Waals surface area contributed by atoms with Crippen LogP contribution >= 0.6 is 11.3 Å². The van der Waals surface area contributed by atoms with E-state index >= 15 is 0 Å². The minimum Gasteiger partial charge on any atom is -0.349 e. The number of nitrogens with zero attached hydrogens (tertiary/aromatic N) is 3. The van der Waals surface area contributed by atoms with E-state index in [0.29, 0.717) is 0 Å². The summed E-state index contributed by atoms with van der Waals surface area (Å²) in [4.78, 5) is 9.32. The van der Waals surface area contributed by atoms with Gasteiger partial charge in [0.2, 0.25) is 0 Å². The zero-order valence-corrected chi connectivity index (χ0v) is 15.3. The van der Waals surface area contributed by atoms with E-state index in [4.69, 9.17) is 4.98 Å². The quantitative estimate of drug-likeness (QED) is 0.569. The van der Waals surface area contributed by atoms with Gasteiger partial charge in [0.1, 0.15) is 5.65 Å². The van der Waals surface area contributed by atoms with Crippen LogP contribution in [0.2, 0.25) is 0 Å². The molecule has 25 heavy (non-hydrogen) atoms. The second-order valence-electron chi connectivity index (χ2n) is 6.29. The molecule has 0 aliphatic carbocycles. The Balaban J connectivity index is 1.86. The lowest BCUT2D eigenvalue weighted by molar-refractivity contribution is 0.853. The summed E-state index contributed by atoms with van der Waals surface area (Å²) in [6.07, 6.45) is 2.07. The Bertz CT molecular complexity index is 1010. The smallest absolute Gasteiger partial charge is 0.183 e. The second-order valence-corrected chi connectivity index (χ2v) is 7.15. The van der Waals surface area contributed by atoms with Crippen LogP contribution in [0.4, 0.5) is 5.13 Å². The standard InChI is InChI=1S/C20H20N4S/c1-13-7-9-16(10-8-13)18(23-20-21-14(2)12-25-20)19-15(3)22-17-6-4-5-11-24(17)19/h4-12,18H,1-3H3,(H,21,23). The maximum absolute atomic E-state index is 4.73. The molecule has 4 aromatic rings. The highest BCUT2D eigenvalue weighted by Crippen LogP contribution is 2.31. The average molecular weight is 348 g/mol. The Kier molecular flexibility index (Phi) is 4.01. The average Bonchev–Trinajstić information content (AvgIpc) is 3.16. The van der Waals surface area contributed by atoms with E-state index in [1.807, 2.05) is 25.1 Å². The Morgan fingerprint density at radius 1 is 1.00 bits per heavy atom. The summed E-state index contributed by atoms with van der Waals surface area (Å²) in [5.41, 5.74) is 6.62. The van der Waals surface area contributed by atoms with Crippen LogP contribution in [0.15, 0.2) is 54.0 Å². The molecule has 4 rings (SSSR count). The Morgan fingerprint density at radius 3 is 2.52 bits per heavy atom. The van der Waals surface area contributed by atoms with E-state index < -0.39 is 0 Å². The Morgan fingerprint density at radius 2 is 1.80 bits per heavy atom. The molecule has 0 fully saturated rings. The molecule has 0 saturated heterocycles. The van der Waals surface area contributed by atoms with Crippen molar-refractivity contribution in [3.63, 3.8) is 0 Å². The summed E-state index contributed by atoms with van der Waals surface area (Å²) in [6, 6.07) is 14.7. The number of imidazole rings is 1. The molecule has 4 nitrogen and oxygen atoms in total. The van der Waals surface area contributed by atoms with Crippen LogP contribution in [0.5, 0.6) is 0 Å². The van der Waals surface area contributed by atoms with Crippen LogP contribution in [-0.4, -0.2) is 14.4 Å². The molecule has 0 radical (unpaired) electrons. The number of rotatable bonds is 4. The summed E-state index contributed by atoms with van der Waals surface area (Å²) in [7, 11) is 0. The van der Waals surface area contributed by atoms with Gasteiger partial charge in [-0.3, -0.25) is 0 Å². The van der Waals surface area contributed by atoms with Crippen molar-refractivity contribution in [2.75, 3.05) is 5.32 Å². The van der Waals surface area contributed by atoms with Crippen molar-refractivity contribution >= 4 is 22.1 Å². The van der Waals surface area contributed by atoms with Crippen molar-refractivity contribution in [2.24, 2.45) is 0 Å². The highest BCUT2D eigenvalue weighted by Gasteiger charge is 2.22. The number of nitrogens with one attached hydrogen (secondary N) is 1. The molecule has 1 unspecified atom stereocenters. The first kappa shape index (κ1) is 15.8. The van der Waals surface area contributed by atoms with Gasteiger partial charge in [-0.25, -0.2) is 9.97 Å². The number of thiazole rings is 1. The van der Waals surface area contributed by atoms with Crippen molar-refractivity contribution in [3.05, 3.63) is 82.3 Å². The molecule has 5 heteroatoms. The predicted molar refractivity (Wildman–Crippen MR) is 103 cm³/mol. The fraction of sp³-hybridized carbons (Fsp3) is 0.200. The molecule has 1 aromatic carbocycles. The van der Waals surface area contributed by atoms with E-state index in [1.54, 1.807) is 11.3 Å². The fourth-order valence-corrected chi connectivity index (χ4v) is 3.81. The molecule has 0 saturated carbocycles. The van der Waals surface area contributed by atoms with Gasteiger partial charge in [-0.1, -0.05) is 35.9 Å². The van der Waals surface area contributed by atoms with Crippen molar-refractivity contribution in [2.45, 2.75) is 26.8 Å². The Hall–Kier alpha value is -2.66. The number of pyridine rings is 1. The predicted octanol–water partition coefficient (Wildman–Crippen LogP) is 4.92. The topological polar surface area (TPSA) is 42.2 Å². The first-order valence-corrected chi connectivity index (χ1v) is 9.18. The van der Waals surface area contributed by atoms with Crippen LogP contribution in [0, 0.1) is 20.8 Å². The summed E-state index contributed by atoms with van der Waals surface area (Å²) in [6.45, 7) is 6.19. The normalized spacial score (nSPS) is 12.4. The van der Waals surface area contributed by atoms with Gasteiger partial charge in [-0.2, -0.15) is 0 Å². The lowest BCUT2D eigenvalue weighted by Crippen LogP contribution is -2.15. The number of hydrogen-bond donors (Lipinski definition) is 1. The summed E-state index contributed by atoms with van der Waals surface area (Å²) < 4.78 is 2.16. The number of aryl methyl sites for hydroxylation is 3. The van der Waals surface area contributed by atoms with Gasteiger partial charge < -0.3 is 9.72 Å². The third-order valence-corrected chi connectivity index (χ3v) is 5.21. The first-order valence-electron chi connectivity index (χ1n) is 8.30. The van der Waals surface area contributed by atoms with Crippen LogP contribution in [0.25, 0.3) is 5.65 Å². The molecule has 1 atom stereocenters. The highest BCUT2D eigenvalue weighted by molar-refractivity contribution is 7.13. The van der Waals surface area contributed by atoms with E-state index in [-0.39, 0.29) is 6.04 Å². The van der Waals surface area contributed by atoms with Crippen molar-refractivity contribution in [1.82, 2.24) is 14.4 Å². The van der Waals surface area contributed by atoms with E-state index in [1.165, 1.54) is 11.1 Å². The number of benzene rings is 1. The minimum atomic E-state index is -0.0106. The third kappa shape index (κ3) is 3.03. The highest BCUT2D eigenvalue weighted by atomic mass is 32.1. The molecular formula is C20H20N4S. The van der Waals surface area contributed by atoms with Gasteiger partial charge in [0.15, 0.2) is 5.13 Å². The monoisotopic (exact) mass is 348 g/mol.